The molecule has 0 aromatic carbocycles. The molecule has 0 amide bonds. The second-order valence-corrected chi connectivity index (χ2v) is 5.01. The summed E-state index contributed by atoms with van der Waals surface area (Å²) < 4.78 is 0. The minimum atomic E-state index is 1.02. The maximum absolute atomic E-state index is 4.08. The Morgan fingerprint density at radius 2 is 1.92 bits per heavy atom. The molecule has 0 bridgehead atoms. The second-order valence-electron chi connectivity index (χ2n) is 2.54. The summed E-state index contributed by atoms with van der Waals surface area (Å²) >= 11 is 3.40. The third-order valence-corrected chi connectivity index (χ3v) is 3.49. The van der Waals surface area contributed by atoms with Crippen LogP contribution in [0.1, 0.15) is 9.88 Å². The molecular formula is C8H8N2S2. The van der Waals surface area contributed by atoms with Crippen LogP contribution < -0.4 is 0 Å². The molecule has 12 heavy (non-hydrogen) atoms. The van der Waals surface area contributed by atoms with E-state index >= 15 is 0 Å². The zero-order valence-corrected chi connectivity index (χ0v) is 8.50. The van der Waals surface area contributed by atoms with Crippen molar-refractivity contribution in [2.45, 2.75) is 13.8 Å². The van der Waals surface area contributed by atoms with Gasteiger partial charge in [-0.25, -0.2) is 0 Å². The second kappa shape index (κ2) is 2.95. The smallest absolute Gasteiger partial charge is 0.143 e. The Kier molecular flexibility index (Phi) is 1.94. The topological polar surface area (TPSA) is 25.8 Å². The fourth-order valence-electron chi connectivity index (χ4n) is 0.946. The molecule has 0 unspecified atom stereocenters. The highest BCUT2D eigenvalue weighted by Gasteiger charge is 2.05. The quantitative estimate of drug-likeness (QED) is 0.701. The lowest BCUT2D eigenvalue weighted by atomic mass is 10.4. The molecule has 2 aromatic heterocycles. The van der Waals surface area contributed by atoms with Crippen LogP contribution in [0.3, 0.4) is 0 Å². The van der Waals surface area contributed by atoms with E-state index in [1.807, 2.05) is 6.92 Å². The largest absolute Gasteiger partial charge is 0.157 e. The van der Waals surface area contributed by atoms with Crippen LogP contribution in [0.15, 0.2) is 12.1 Å². The average molecular weight is 196 g/mol. The van der Waals surface area contributed by atoms with Crippen LogP contribution in [0.5, 0.6) is 0 Å². The molecule has 0 spiro atoms. The lowest BCUT2D eigenvalue weighted by molar-refractivity contribution is 1.05. The van der Waals surface area contributed by atoms with Gasteiger partial charge in [-0.2, -0.15) is 0 Å². The summed E-state index contributed by atoms with van der Waals surface area (Å²) in [6.45, 7) is 4.07. The molecular weight excluding hydrogens is 188 g/mol. The number of nitrogens with zero attached hydrogens (tertiary/aromatic N) is 2. The van der Waals surface area contributed by atoms with Crippen molar-refractivity contribution in [3.8, 4) is 9.88 Å². The SMILES string of the molecule is Cc1ccc(-c2nnc(C)s2)s1. The van der Waals surface area contributed by atoms with E-state index in [0.717, 1.165) is 10.0 Å². The molecule has 2 aromatic rings. The van der Waals surface area contributed by atoms with E-state index in [4.69, 9.17) is 0 Å². The van der Waals surface area contributed by atoms with Crippen molar-refractivity contribution in [2.75, 3.05) is 0 Å². The number of aromatic nitrogens is 2. The van der Waals surface area contributed by atoms with E-state index in [1.54, 1.807) is 22.7 Å². The molecule has 2 nitrogen and oxygen atoms in total. The van der Waals surface area contributed by atoms with Crippen molar-refractivity contribution < 1.29 is 0 Å². The summed E-state index contributed by atoms with van der Waals surface area (Å²) in [6, 6.07) is 4.21. The molecule has 0 saturated heterocycles. The van der Waals surface area contributed by atoms with Crippen molar-refractivity contribution in [3.63, 3.8) is 0 Å². The molecule has 0 atom stereocenters. The molecule has 0 N–H and O–H groups in total. The minimum absolute atomic E-state index is 1.02. The molecule has 4 heteroatoms. The van der Waals surface area contributed by atoms with Crippen LogP contribution in [0.2, 0.25) is 0 Å². The van der Waals surface area contributed by atoms with E-state index in [-0.39, 0.29) is 0 Å². The van der Waals surface area contributed by atoms with Crippen LogP contribution in [0.4, 0.5) is 0 Å². The van der Waals surface area contributed by atoms with Gasteiger partial charge in [-0.15, -0.1) is 21.5 Å². The molecule has 0 fully saturated rings. The van der Waals surface area contributed by atoms with Crippen LogP contribution in [-0.2, 0) is 0 Å². The van der Waals surface area contributed by atoms with Crippen molar-refractivity contribution in [1.29, 1.82) is 0 Å². The Hall–Kier alpha value is -0.740. The Labute approximate surface area is 78.9 Å². The number of rotatable bonds is 1. The van der Waals surface area contributed by atoms with Gasteiger partial charge in [-0.1, -0.05) is 11.3 Å². The van der Waals surface area contributed by atoms with Gasteiger partial charge in [-0.05, 0) is 26.0 Å². The third kappa shape index (κ3) is 1.40. The van der Waals surface area contributed by atoms with E-state index in [0.29, 0.717) is 0 Å². The van der Waals surface area contributed by atoms with Gasteiger partial charge in [0.15, 0.2) is 5.01 Å². The van der Waals surface area contributed by atoms with E-state index in [9.17, 15) is 0 Å². The van der Waals surface area contributed by atoms with Gasteiger partial charge >= 0.3 is 0 Å². The standard InChI is InChI=1S/C8H8N2S2/c1-5-3-4-7(11-5)8-10-9-6(2)12-8/h3-4H,1-2H3. The molecule has 0 aliphatic rings. The molecule has 2 rings (SSSR count). The fourth-order valence-corrected chi connectivity index (χ4v) is 2.55. The Morgan fingerprint density at radius 3 is 2.42 bits per heavy atom. The van der Waals surface area contributed by atoms with Gasteiger partial charge in [0.1, 0.15) is 5.01 Å². The zero-order chi connectivity index (χ0) is 8.55. The maximum Gasteiger partial charge on any atom is 0.157 e. The first-order valence-corrected chi connectivity index (χ1v) is 5.26. The summed E-state index contributed by atoms with van der Waals surface area (Å²) in [5, 5.41) is 10.1. The lowest BCUT2D eigenvalue weighted by Gasteiger charge is -1.83. The van der Waals surface area contributed by atoms with E-state index in [1.165, 1.54) is 9.75 Å². The molecule has 0 aliphatic carbocycles. The predicted molar refractivity (Wildman–Crippen MR) is 52.7 cm³/mol. The zero-order valence-electron chi connectivity index (χ0n) is 6.87. The third-order valence-electron chi connectivity index (χ3n) is 1.48. The molecule has 2 heterocycles. The molecule has 0 radical (unpaired) electrons. The predicted octanol–water partition coefficient (Wildman–Crippen LogP) is 2.88. The highest BCUT2D eigenvalue weighted by molar-refractivity contribution is 7.21. The Balaban J connectivity index is 2.43. The van der Waals surface area contributed by atoms with Crippen molar-refractivity contribution in [1.82, 2.24) is 10.2 Å². The van der Waals surface area contributed by atoms with Gasteiger partial charge in [0, 0.05) is 4.88 Å². The monoisotopic (exact) mass is 196 g/mol. The minimum Gasteiger partial charge on any atom is -0.143 e. The molecule has 0 aliphatic heterocycles. The van der Waals surface area contributed by atoms with Gasteiger partial charge < -0.3 is 0 Å². The van der Waals surface area contributed by atoms with Crippen molar-refractivity contribution in [3.05, 3.63) is 22.0 Å². The molecule has 62 valence electrons. The van der Waals surface area contributed by atoms with Crippen LogP contribution in [-0.4, -0.2) is 10.2 Å². The molecule has 0 saturated carbocycles. The highest BCUT2D eigenvalue weighted by atomic mass is 32.1. The van der Waals surface area contributed by atoms with Crippen LogP contribution in [0, 0.1) is 13.8 Å². The normalized spacial score (nSPS) is 10.5. The van der Waals surface area contributed by atoms with Crippen LogP contribution in [0.25, 0.3) is 9.88 Å². The Bertz CT molecular complexity index is 351. The first-order chi connectivity index (χ1) is 5.75. The van der Waals surface area contributed by atoms with Crippen molar-refractivity contribution in [2.24, 2.45) is 0 Å². The number of hydrogen-bond acceptors (Lipinski definition) is 4. The lowest BCUT2D eigenvalue weighted by Crippen LogP contribution is -1.70. The van der Waals surface area contributed by atoms with Crippen molar-refractivity contribution >= 4 is 22.7 Å². The summed E-state index contributed by atoms with van der Waals surface area (Å²) in [7, 11) is 0. The summed E-state index contributed by atoms with van der Waals surface area (Å²) in [5.74, 6) is 0. The number of thiophene rings is 1. The van der Waals surface area contributed by atoms with Gasteiger partial charge in [0.05, 0.1) is 4.88 Å². The summed E-state index contributed by atoms with van der Waals surface area (Å²) in [4.78, 5) is 2.54. The fraction of sp³-hybridized carbons (Fsp3) is 0.250. The maximum atomic E-state index is 4.08. The van der Waals surface area contributed by atoms with E-state index < -0.39 is 0 Å². The number of aryl methyl sites for hydroxylation is 2. The highest BCUT2D eigenvalue weighted by Crippen LogP contribution is 2.29. The van der Waals surface area contributed by atoms with Crippen LogP contribution >= 0.6 is 22.7 Å². The first-order valence-electron chi connectivity index (χ1n) is 3.62. The summed E-state index contributed by atoms with van der Waals surface area (Å²) in [5.41, 5.74) is 0. The Morgan fingerprint density at radius 1 is 1.08 bits per heavy atom. The first kappa shape index (κ1) is 7.89. The summed E-state index contributed by atoms with van der Waals surface area (Å²) in [6.07, 6.45) is 0. The van der Waals surface area contributed by atoms with E-state index in [2.05, 4.69) is 29.3 Å². The average Bonchev–Trinajstić information content (AvgIpc) is 2.58. The van der Waals surface area contributed by atoms with Gasteiger partial charge in [-0.3, -0.25) is 0 Å². The van der Waals surface area contributed by atoms with Gasteiger partial charge in [0.25, 0.3) is 0 Å². The van der Waals surface area contributed by atoms with Gasteiger partial charge in [0.2, 0.25) is 0 Å². The number of hydrogen-bond donors (Lipinski definition) is 0.